The lowest BCUT2D eigenvalue weighted by Gasteiger charge is -2.08. The molecule has 1 rings (SSSR count). The number of hydrogen-bond donors (Lipinski definition) is 1. The Balaban J connectivity index is 2.78. The van der Waals surface area contributed by atoms with Crippen molar-refractivity contribution in [3.05, 3.63) is 24.8 Å². The summed E-state index contributed by atoms with van der Waals surface area (Å²) in [4.78, 5) is 0. The number of rotatable bonds is 4. The van der Waals surface area contributed by atoms with Crippen molar-refractivity contribution in [1.29, 1.82) is 0 Å². The molecule has 2 N–H and O–H groups in total. The van der Waals surface area contributed by atoms with E-state index in [9.17, 15) is 0 Å². The maximum Gasteiger partial charge on any atom is 0.150 e. The van der Waals surface area contributed by atoms with Crippen LogP contribution in [-0.2, 0) is 6.54 Å². The second-order valence-corrected chi connectivity index (χ2v) is 2.61. The molecule has 1 atom stereocenters. The number of nitrogens with two attached hydrogens (primary N) is 1. The normalized spacial score (nSPS) is 12.8. The van der Waals surface area contributed by atoms with Crippen molar-refractivity contribution < 1.29 is 0 Å². The van der Waals surface area contributed by atoms with Gasteiger partial charge < -0.3 is 10.3 Å². The van der Waals surface area contributed by atoms with E-state index in [0.717, 1.165) is 18.8 Å². The lowest BCUT2D eigenvalue weighted by Crippen LogP contribution is -2.15. The van der Waals surface area contributed by atoms with Crippen molar-refractivity contribution in [3.8, 4) is 0 Å². The van der Waals surface area contributed by atoms with Crippen molar-refractivity contribution in [1.82, 2.24) is 14.8 Å². The smallest absolute Gasteiger partial charge is 0.150 e. The molecule has 0 saturated heterocycles. The van der Waals surface area contributed by atoms with Crippen LogP contribution in [0.1, 0.15) is 25.2 Å². The van der Waals surface area contributed by atoms with Gasteiger partial charge in [-0.2, -0.15) is 0 Å². The molecule has 1 aromatic heterocycles. The monoisotopic (exact) mass is 166 g/mol. The van der Waals surface area contributed by atoms with Crippen LogP contribution in [0.15, 0.2) is 19.0 Å². The number of hydrogen-bond acceptors (Lipinski definition) is 3. The predicted molar refractivity (Wildman–Crippen MR) is 47.4 cm³/mol. The van der Waals surface area contributed by atoms with Crippen LogP contribution in [0.25, 0.3) is 0 Å². The van der Waals surface area contributed by atoms with Gasteiger partial charge in [0.25, 0.3) is 0 Å². The highest BCUT2D eigenvalue weighted by Crippen LogP contribution is 2.10. The van der Waals surface area contributed by atoms with Crippen LogP contribution < -0.4 is 5.73 Å². The van der Waals surface area contributed by atoms with Gasteiger partial charge in [0.15, 0.2) is 0 Å². The zero-order chi connectivity index (χ0) is 8.97. The van der Waals surface area contributed by atoms with Crippen LogP contribution in [0.5, 0.6) is 0 Å². The molecule has 1 unspecified atom stereocenters. The molecule has 0 aliphatic heterocycles. The first-order chi connectivity index (χ1) is 5.79. The quantitative estimate of drug-likeness (QED) is 0.675. The van der Waals surface area contributed by atoms with Crippen molar-refractivity contribution >= 4 is 0 Å². The van der Waals surface area contributed by atoms with E-state index in [1.54, 1.807) is 12.4 Å². The van der Waals surface area contributed by atoms with Crippen molar-refractivity contribution in [2.75, 3.05) is 0 Å². The third kappa shape index (κ3) is 1.71. The number of aryl methyl sites for hydroxylation is 1. The second kappa shape index (κ2) is 4.01. The molecule has 0 bridgehead atoms. The first kappa shape index (κ1) is 8.93. The minimum absolute atomic E-state index is 0.0788. The molecule has 0 aromatic carbocycles. The van der Waals surface area contributed by atoms with Gasteiger partial charge in [0.1, 0.15) is 12.2 Å². The van der Waals surface area contributed by atoms with Gasteiger partial charge in [0.2, 0.25) is 0 Å². The van der Waals surface area contributed by atoms with E-state index in [4.69, 9.17) is 5.73 Å². The fourth-order valence-electron chi connectivity index (χ4n) is 1.08. The molecule has 0 spiro atoms. The summed E-state index contributed by atoms with van der Waals surface area (Å²) in [6.07, 6.45) is 4.22. The van der Waals surface area contributed by atoms with E-state index in [1.165, 1.54) is 0 Å². The highest BCUT2D eigenvalue weighted by Gasteiger charge is 2.10. The van der Waals surface area contributed by atoms with Gasteiger partial charge >= 0.3 is 0 Å². The number of nitrogens with zero attached hydrogens (tertiary/aromatic N) is 3. The standard InChI is InChI=1S/C8H14N4/c1-3-5-7(9)8-11-10-6-12(8)4-2/h3,6-7H,1,4-5,9H2,2H3. The van der Waals surface area contributed by atoms with Crippen molar-refractivity contribution in [2.45, 2.75) is 25.9 Å². The highest BCUT2D eigenvalue weighted by atomic mass is 15.3. The van der Waals surface area contributed by atoms with E-state index >= 15 is 0 Å². The lowest BCUT2D eigenvalue weighted by atomic mass is 10.2. The fraction of sp³-hybridized carbons (Fsp3) is 0.500. The Morgan fingerprint density at radius 2 is 2.58 bits per heavy atom. The van der Waals surface area contributed by atoms with Gasteiger partial charge in [-0.05, 0) is 13.3 Å². The predicted octanol–water partition coefficient (Wildman–Crippen LogP) is 0.874. The average molecular weight is 166 g/mol. The van der Waals surface area contributed by atoms with E-state index in [0.29, 0.717) is 0 Å². The molecule has 1 aromatic rings. The van der Waals surface area contributed by atoms with Gasteiger partial charge in [-0.15, -0.1) is 16.8 Å². The van der Waals surface area contributed by atoms with Crippen LogP contribution in [-0.4, -0.2) is 14.8 Å². The Kier molecular flexibility index (Phi) is 2.99. The topological polar surface area (TPSA) is 56.7 Å². The largest absolute Gasteiger partial charge is 0.321 e. The second-order valence-electron chi connectivity index (χ2n) is 2.61. The molecule has 0 aliphatic rings. The van der Waals surface area contributed by atoms with Gasteiger partial charge in [-0.25, -0.2) is 0 Å². The summed E-state index contributed by atoms with van der Waals surface area (Å²) in [7, 11) is 0. The van der Waals surface area contributed by atoms with Crippen LogP contribution in [0, 0.1) is 0 Å². The molecule has 12 heavy (non-hydrogen) atoms. The molecule has 0 saturated carbocycles. The van der Waals surface area contributed by atoms with Crippen LogP contribution in [0.4, 0.5) is 0 Å². The lowest BCUT2D eigenvalue weighted by molar-refractivity contribution is 0.607. The summed E-state index contributed by atoms with van der Waals surface area (Å²) in [6.45, 7) is 6.52. The Morgan fingerprint density at radius 1 is 1.83 bits per heavy atom. The Bertz CT molecular complexity index is 253. The van der Waals surface area contributed by atoms with Crippen LogP contribution in [0.3, 0.4) is 0 Å². The van der Waals surface area contributed by atoms with Crippen LogP contribution in [0.2, 0.25) is 0 Å². The minimum Gasteiger partial charge on any atom is -0.321 e. The summed E-state index contributed by atoms with van der Waals surface area (Å²) < 4.78 is 1.94. The molecule has 0 radical (unpaired) electrons. The van der Waals surface area contributed by atoms with E-state index in [-0.39, 0.29) is 6.04 Å². The van der Waals surface area contributed by atoms with Gasteiger partial charge in [-0.1, -0.05) is 6.08 Å². The summed E-state index contributed by atoms with van der Waals surface area (Å²) >= 11 is 0. The molecule has 4 nitrogen and oxygen atoms in total. The zero-order valence-corrected chi connectivity index (χ0v) is 7.27. The number of aromatic nitrogens is 3. The molecule has 0 amide bonds. The summed E-state index contributed by atoms with van der Waals surface area (Å²) in [6, 6.07) is -0.0788. The third-order valence-electron chi connectivity index (χ3n) is 1.74. The Hall–Kier alpha value is -1.16. The van der Waals surface area contributed by atoms with Gasteiger partial charge in [0, 0.05) is 6.54 Å². The summed E-state index contributed by atoms with van der Waals surface area (Å²) in [5, 5.41) is 7.74. The maximum atomic E-state index is 5.83. The summed E-state index contributed by atoms with van der Waals surface area (Å²) in [5.74, 6) is 0.831. The van der Waals surface area contributed by atoms with Gasteiger partial charge in [-0.3, -0.25) is 0 Å². The molecule has 0 fully saturated rings. The van der Waals surface area contributed by atoms with E-state index in [2.05, 4.69) is 16.8 Å². The van der Waals surface area contributed by atoms with Crippen LogP contribution >= 0.6 is 0 Å². The Morgan fingerprint density at radius 3 is 3.17 bits per heavy atom. The Labute approximate surface area is 72.1 Å². The molecule has 0 aliphatic carbocycles. The third-order valence-corrected chi connectivity index (χ3v) is 1.74. The first-order valence-corrected chi connectivity index (χ1v) is 4.03. The highest BCUT2D eigenvalue weighted by molar-refractivity contribution is 4.96. The molecular weight excluding hydrogens is 152 g/mol. The van der Waals surface area contributed by atoms with E-state index < -0.39 is 0 Å². The summed E-state index contributed by atoms with van der Waals surface area (Å²) in [5.41, 5.74) is 5.83. The van der Waals surface area contributed by atoms with E-state index in [1.807, 2.05) is 11.5 Å². The molecule has 1 heterocycles. The average Bonchev–Trinajstić information content (AvgIpc) is 2.51. The van der Waals surface area contributed by atoms with Gasteiger partial charge in [0.05, 0.1) is 6.04 Å². The molecule has 4 heteroatoms. The molecular formula is C8H14N4. The zero-order valence-electron chi connectivity index (χ0n) is 7.27. The van der Waals surface area contributed by atoms with Crippen molar-refractivity contribution in [2.24, 2.45) is 5.73 Å². The molecule has 66 valence electrons. The minimum atomic E-state index is -0.0788. The van der Waals surface area contributed by atoms with Crippen molar-refractivity contribution in [3.63, 3.8) is 0 Å². The maximum absolute atomic E-state index is 5.83. The fourth-order valence-corrected chi connectivity index (χ4v) is 1.08. The SMILES string of the molecule is C=CCC(N)c1nncn1CC. The first-order valence-electron chi connectivity index (χ1n) is 4.03.